The number of nitrogens with zero attached hydrogens (tertiary/aromatic N) is 1. The third-order valence-electron chi connectivity index (χ3n) is 2.15. The topological polar surface area (TPSA) is 52.3 Å². The van der Waals surface area contributed by atoms with Gasteiger partial charge < -0.3 is 15.3 Å². The predicted octanol–water partition coefficient (Wildman–Crippen LogP) is 1.35. The lowest BCUT2D eigenvalue weighted by Gasteiger charge is -2.00. The zero-order valence-corrected chi connectivity index (χ0v) is 7.90. The van der Waals surface area contributed by atoms with Crippen molar-refractivity contribution in [2.75, 3.05) is 16.8 Å². The minimum Gasteiger partial charge on any atom is -0.481 e. The maximum absolute atomic E-state index is 9.00. The van der Waals surface area contributed by atoms with Gasteiger partial charge in [0.2, 0.25) is 0 Å². The summed E-state index contributed by atoms with van der Waals surface area (Å²) in [6.07, 6.45) is 0.623. The molecule has 1 saturated heterocycles. The fourth-order valence-corrected chi connectivity index (χ4v) is 1.55. The van der Waals surface area contributed by atoms with Crippen molar-refractivity contribution in [3.05, 3.63) is 24.3 Å². The van der Waals surface area contributed by atoms with Gasteiger partial charge in [-0.3, -0.25) is 4.79 Å². The lowest BCUT2D eigenvalue weighted by atomic mass is 10.3. The average Bonchev–Trinajstić information content (AvgIpc) is 2.78. The van der Waals surface area contributed by atoms with E-state index in [4.69, 9.17) is 9.90 Å². The van der Waals surface area contributed by atoms with E-state index in [0.717, 1.165) is 6.92 Å². The summed E-state index contributed by atoms with van der Waals surface area (Å²) in [7, 11) is 0. The summed E-state index contributed by atoms with van der Waals surface area (Å²) >= 11 is 0. The molecule has 4 nitrogen and oxygen atoms in total. The third kappa shape index (κ3) is 1.64. The largest absolute Gasteiger partial charge is 0.481 e. The molecule has 1 unspecified atom stereocenters. The number of carboxylic acid groups (broad SMARTS) is 1. The van der Waals surface area contributed by atoms with Crippen LogP contribution in [0.5, 0.6) is 0 Å². The molecule has 0 saturated carbocycles. The SMILES string of the molecule is CC(=O)O.c1ccc2c(c1)NC1CN21. The minimum atomic E-state index is -0.833. The second kappa shape index (κ2) is 3.21. The first kappa shape index (κ1) is 8.87. The minimum absolute atomic E-state index is 0.623. The lowest BCUT2D eigenvalue weighted by Crippen LogP contribution is -1.98. The van der Waals surface area contributed by atoms with Crippen LogP contribution in [0.1, 0.15) is 6.92 Å². The van der Waals surface area contributed by atoms with Crippen molar-refractivity contribution in [1.82, 2.24) is 0 Å². The number of aliphatic carboxylic acids is 1. The standard InChI is InChI=1S/C8H8N2.C2H4O2/c1-2-4-7-6(3-1)9-8-5-10(7)8;1-2(3)4/h1-4,8-9H,5H2;1H3,(H,3,4). The third-order valence-corrected chi connectivity index (χ3v) is 2.15. The summed E-state index contributed by atoms with van der Waals surface area (Å²) in [5.41, 5.74) is 2.66. The summed E-state index contributed by atoms with van der Waals surface area (Å²) in [5.74, 6) is -0.833. The van der Waals surface area contributed by atoms with E-state index in [9.17, 15) is 0 Å². The highest BCUT2D eigenvalue weighted by Crippen LogP contribution is 2.41. The average molecular weight is 192 g/mol. The molecular weight excluding hydrogens is 180 g/mol. The molecule has 0 bridgehead atoms. The summed E-state index contributed by atoms with van der Waals surface area (Å²) in [6.45, 7) is 2.27. The van der Waals surface area contributed by atoms with Gasteiger partial charge in [-0.25, -0.2) is 0 Å². The molecule has 2 N–H and O–H groups in total. The Kier molecular flexibility index (Phi) is 2.04. The van der Waals surface area contributed by atoms with Crippen molar-refractivity contribution in [1.29, 1.82) is 0 Å². The van der Waals surface area contributed by atoms with Gasteiger partial charge in [0.1, 0.15) is 6.17 Å². The number of carbonyl (C=O) groups is 1. The van der Waals surface area contributed by atoms with Crippen molar-refractivity contribution < 1.29 is 9.90 Å². The second-order valence-electron chi connectivity index (χ2n) is 3.35. The Morgan fingerprint density at radius 1 is 1.57 bits per heavy atom. The van der Waals surface area contributed by atoms with Crippen molar-refractivity contribution in [3.8, 4) is 0 Å². The zero-order valence-electron chi connectivity index (χ0n) is 7.90. The second-order valence-corrected chi connectivity index (χ2v) is 3.35. The van der Waals surface area contributed by atoms with Crippen LogP contribution >= 0.6 is 0 Å². The summed E-state index contributed by atoms with van der Waals surface area (Å²) in [6, 6.07) is 8.44. The molecule has 1 aromatic rings. The first-order chi connectivity index (χ1) is 6.68. The van der Waals surface area contributed by atoms with E-state index < -0.39 is 5.97 Å². The van der Waals surface area contributed by atoms with Gasteiger partial charge in [0.15, 0.2) is 0 Å². The smallest absolute Gasteiger partial charge is 0.300 e. The molecule has 0 spiro atoms. The van der Waals surface area contributed by atoms with Crippen LogP contribution in [0.3, 0.4) is 0 Å². The molecule has 1 fully saturated rings. The molecule has 3 rings (SSSR count). The number of fused-ring (bicyclic) bond motifs is 3. The van der Waals surface area contributed by atoms with Crippen molar-refractivity contribution >= 4 is 17.3 Å². The van der Waals surface area contributed by atoms with Crippen LogP contribution in [-0.4, -0.2) is 23.8 Å². The molecule has 14 heavy (non-hydrogen) atoms. The number of hydrogen-bond donors (Lipinski definition) is 2. The van der Waals surface area contributed by atoms with Gasteiger partial charge in [0.05, 0.1) is 17.9 Å². The van der Waals surface area contributed by atoms with Crippen molar-refractivity contribution in [2.24, 2.45) is 0 Å². The van der Waals surface area contributed by atoms with Crippen LogP contribution in [-0.2, 0) is 4.79 Å². The van der Waals surface area contributed by atoms with Crippen molar-refractivity contribution in [3.63, 3.8) is 0 Å². The quantitative estimate of drug-likeness (QED) is 0.609. The van der Waals surface area contributed by atoms with Crippen LogP contribution in [0.25, 0.3) is 0 Å². The van der Waals surface area contributed by atoms with Crippen molar-refractivity contribution in [2.45, 2.75) is 13.1 Å². The fraction of sp³-hybridized carbons (Fsp3) is 0.300. The van der Waals surface area contributed by atoms with E-state index >= 15 is 0 Å². The normalized spacial score (nSPS) is 19.8. The summed E-state index contributed by atoms with van der Waals surface area (Å²) in [5, 5.41) is 10.8. The van der Waals surface area contributed by atoms with Gasteiger partial charge in [-0.05, 0) is 12.1 Å². The maximum Gasteiger partial charge on any atom is 0.300 e. The number of anilines is 2. The van der Waals surface area contributed by atoms with E-state index in [-0.39, 0.29) is 0 Å². The molecule has 74 valence electrons. The van der Waals surface area contributed by atoms with Crippen LogP contribution in [0.4, 0.5) is 11.4 Å². The number of nitrogens with one attached hydrogen (secondary N) is 1. The zero-order chi connectivity index (χ0) is 10.1. The molecule has 0 radical (unpaired) electrons. The lowest BCUT2D eigenvalue weighted by molar-refractivity contribution is -0.134. The van der Waals surface area contributed by atoms with Gasteiger partial charge in [0, 0.05) is 6.92 Å². The Balaban J connectivity index is 0.000000165. The first-order valence-electron chi connectivity index (χ1n) is 4.50. The molecular formula is C10H12N2O2. The van der Waals surface area contributed by atoms with Crippen LogP contribution in [0, 0.1) is 0 Å². The van der Waals surface area contributed by atoms with Crippen LogP contribution in [0.2, 0.25) is 0 Å². The monoisotopic (exact) mass is 192 g/mol. The predicted molar refractivity (Wildman–Crippen MR) is 54.5 cm³/mol. The molecule has 2 aliphatic rings. The Labute approximate surface area is 82.2 Å². The number of hydrogen-bond acceptors (Lipinski definition) is 3. The molecule has 1 atom stereocenters. The highest BCUT2D eigenvalue weighted by molar-refractivity contribution is 5.80. The Morgan fingerprint density at radius 3 is 2.86 bits per heavy atom. The molecule has 0 aliphatic carbocycles. The summed E-state index contributed by atoms with van der Waals surface area (Å²) in [4.78, 5) is 11.4. The molecule has 4 heteroatoms. The highest BCUT2D eigenvalue weighted by atomic mass is 16.4. The van der Waals surface area contributed by atoms with E-state index in [1.165, 1.54) is 17.9 Å². The Bertz CT molecular complexity index is 361. The summed E-state index contributed by atoms with van der Waals surface area (Å²) < 4.78 is 0. The number of rotatable bonds is 0. The van der Waals surface area contributed by atoms with Gasteiger partial charge in [-0.1, -0.05) is 12.1 Å². The van der Waals surface area contributed by atoms with E-state index in [2.05, 4.69) is 34.5 Å². The van der Waals surface area contributed by atoms with E-state index in [1.54, 1.807) is 0 Å². The Morgan fingerprint density at radius 2 is 2.21 bits per heavy atom. The molecule has 2 aliphatic heterocycles. The van der Waals surface area contributed by atoms with Crippen LogP contribution < -0.4 is 10.2 Å². The number of para-hydroxylation sites is 2. The van der Waals surface area contributed by atoms with E-state index in [1.807, 2.05) is 0 Å². The Hall–Kier alpha value is -1.71. The van der Waals surface area contributed by atoms with E-state index in [0.29, 0.717) is 6.17 Å². The molecule has 0 aromatic heterocycles. The fourth-order valence-electron chi connectivity index (χ4n) is 1.55. The highest BCUT2D eigenvalue weighted by Gasteiger charge is 2.40. The van der Waals surface area contributed by atoms with Gasteiger partial charge in [0.25, 0.3) is 5.97 Å². The number of benzene rings is 1. The molecule has 0 amide bonds. The van der Waals surface area contributed by atoms with Gasteiger partial charge in [-0.15, -0.1) is 0 Å². The van der Waals surface area contributed by atoms with Gasteiger partial charge in [-0.2, -0.15) is 0 Å². The maximum atomic E-state index is 9.00. The molecule has 1 aromatic carbocycles. The molecule has 2 heterocycles. The number of carboxylic acids is 1. The van der Waals surface area contributed by atoms with Crippen LogP contribution in [0.15, 0.2) is 24.3 Å². The van der Waals surface area contributed by atoms with Gasteiger partial charge >= 0.3 is 0 Å². The first-order valence-corrected chi connectivity index (χ1v) is 4.50.